The summed E-state index contributed by atoms with van der Waals surface area (Å²) in [4.78, 5) is 11.4. The van der Waals surface area contributed by atoms with Gasteiger partial charge in [0.25, 0.3) is 0 Å². The van der Waals surface area contributed by atoms with Crippen molar-refractivity contribution < 1.29 is 4.74 Å². The number of nitrogens with zero attached hydrogens (tertiary/aromatic N) is 1. The zero-order valence-electron chi connectivity index (χ0n) is 8.69. The van der Waals surface area contributed by atoms with Gasteiger partial charge in [0.2, 0.25) is 0 Å². The van der Waals surface area contributed by atoms with Gasteiger partial charge >= 0.3 is 5.69 Å². The average Bonchev–Trinajstić information content (AvgIpc) is 2.61. The third kappa shape index (κ3) is 2.06. The van der Waals surface area contributed by atoms with Gasteiger partial charge in [-0.15, -0.1) is 0 Å². The zero-order chi connectivity index (χ0) is 11.5. The number of rotatable bonds is 3. The van der Waals surface area contributed by atoms with E-state index >= 15 is 0 Å². The molecule has 2 aromatic rings. The van der Waals surface area contributed by atoms with Crippen molar-refractivity contribution in [2.24, 2.45) is 0 Å². The van der Waals surface area contributed by atoms with Crippen LogP contribution in [0, 0.1) is 4.77 Å². The molecule has 1 heterocycles. The van der Waals surface area contributed by atoms with E-state index in [-0.39, 0.29) is 5.69 Å². The van der Waals surface area contributed by atoms with Crippen LogP contribution in [0.1, 0.15) is 5.56 Å². The molecular weight excluding hydrogens is 226 g/mol. The molecule has 2 N–H and O–H groups in total. The minimum Gasteiger partial charge on any atom is -0.497 e. The molecule has 0 bridgehead atoms. The lowest BCUT2D eigenvalue weighted by Crippen LogP contribution is -2.17. The zero-order valence-corrected chi connectivity index (χ0v) is 9.50. The standard InChI is InChI=1S/C10H11N3O2S/c1-15-8-4-2-3-7(5-8)6-13-9(14)11-12-10(13)16/h2-5H,6H2,1H3,(H,11,14)(H,12,16). The van der Waals surface area contributed by atoms with E-state index in [2.05, 4.69) is 10.2 Å². The highest BCUT2D eigenvalue weighted by Crippen LogP contribution is 2.12. The highest BCUT2D eigenvalue weighted by molar-refractivity contribution is 7.71. The van der Waals surface area contributed by atoms with Gasteiger partial charge in [0.05, 0.1) is 13.7 Å². The van der Waals surface area contributed by atoms with Gasteiger partial charge in [0, 0.05) is 0 Å². The minimum absolute atomic E-state index is 0.243. The maximum atomic E-state index is 11.4. The smallest absolute Gasteiger partial charge is 0.342 e. The lowest BCUT2D eigenvalue weighted by molar-refractivity contribution is 0.414. The van der Waals surface area contributed by atoms with Gasteiger partial charge in [-0.25, -0.2) is 9.89 Å². The van der Waals surface area contributed by atoms with Crippen LogP contribution >= 0.6 is 12.2 Å². The number of hydrogen-bond acceptors (Lipinski definition) is 3. The summed E-state index contributed by atoms with van der Waals surface area (Å²) in [5.41, 5.74) is 0.716. The van der Waals surface area contributed by atoms with Crippen molar-refractivity contribution in [3.8, 4) is 5.75 Å². The summed E-state index contributed by atoms with van der Waals surface area (Å²) in [6.07, 6.45) is 0. The van der Waals surface area contributed by atoms with Crippen LogP contribution in [0.2, 0.25) is 0 Å². The first-order valence-electron chi connectivity index (χ1n) is 4.71. The molecule has 0 aliphatic rings. The first-order valence-corrected chi connectivity index (χ1v) is 5.12. The fourth-order valence-corrected chi connectivity index (χ4v) is 1.63. The molecule has 0 aliphatic heterocycles. The Labute approximate surface area is 96.7 Å². The Morgan fingerprint density at radius 2 is 2.25 bits per heavy atom. The molecule has 0 saturated heterocycles. The van der Waals surface area contributed by atoms with Crippen LogP contribution in [0.15, 0.2) is 29.1 Å². The van der Waals surface area contributed by atoms with Crippen LogP contribution in [-0.4, -0.2) is 21.9 Å². The van der Waals surface area contributed by atoms with Gasteiger partial charge in [0.1, 0.15) is 5.75 Å². The van der Waals surface area contributed by atoms with Gasteiger partial charge < -0.3 is 4.74 Å². The first kappa shape index (κ1) is 10.7. The van der Waals surface area contributed by atoms with Crippen molar-refractivity contribution in [1.82, 2.24) is 14.8 Å². The van der Waals surface area contributed by atoms with E-state index in [0.29, 0.717) is 11.3 Å². The van der Waals surface area contributed by atoms with Crippen LogP contribution in [0.3, 0.4) is 0 Å². The molecular formula is C10H11N3O2S. The summed E-state index contributed by atoms with van der Waals surface area (Å²) >= 11 is 4.98. The summed E-state index contributed by atoms with van der Waals surface area (Å²) in [5.74, 6) is 0.760. The number of H-pyrrole nitrogens is 2. The molecule has 1 aromatic heterocycles. The molecule has 0 unspecified atom stereocenters. The van der Waals surface area contributed by atoms with E-state index in [4.69, 9.17) is 17.0 Å². The second-order valence-electron chi connectivity index (χ2n) is 3.30. The molecule has 2 rings (SSSR count). The molecule has 0 fully saturated rings. The first-order chi connectivity index (χ1) is 7.70. The SMILES string of the molecule is COc1cccc(Cn2c(=O)[nH][nH]c2=S)c1. The van der Waals surface area contributed by atoms with Crippen LogP contribution in [0.25, 0.3) is 0 Å². The number of methoxy groups -OCH3 is 1. The van der Waals surface area contributed by atoms with Gasteiger partial charge in [-0.2, -0.15) is 0 Å². The Morgan fingerprint density at radius 1 is 1.44 bits per heavy atom. The van der Waals surface area contributed by atoms with Crippen LogP contribution in [0.5, 0.6) is 5.75 Å². The number of aromatic nitrogens is 3. The van der Waals surface area contributed by atoms with Gasteiger partial charge in [-0.3, -0.25) is 9.67 Å². The quantitative estimate of drug-likeness (QED) is 0.791. The van der Waals surface area contributed by atoms with Gasteiger partial charge in [-0.1, -0.05) is 12.1 Å². The van der Waals surface area contributed by atoms with Gasteiger partial charge in [-0.05, 0) is 29.9 Å². The predicted octanol–water partition coefficient (Wildman–Crippen LogP) is 1.29. The second kappa shape index (κ2) is 4.36. The fraction of sp³-hybridized carbons (Fsp3) is 0.200. The molecule has 16 heavy (non-hydrogen) atoms. The molecule has 1 aromatic carbocycles. The van der Waals surface area contributed by atoms with E-state index in [0.717, 1.165) is 11.3 Å². The molecule has 6 heteroatoms. The maximum absolute atomic E-state index is 11.4. The molecule has 5 nitrogen and oxygen atoms in total. The van der Waals surface area contributed by atoms with E-state index in [1.807, 2.05) is 24.3 Å². The number of benzene rings is 1. The van der Waals surface area contributed by atoms with Crippen LogP contribution in [0.4, 0.5) is 0 Å². The van der Waals surface area contributed by atoms with Crippen molar-refractivity contribution >= 4 is 12.2 Å². The Morgan fingerprint density at radius 3 is 2.88 bits per heavy atom. The molecule has 0 amide bonds. The minimum atomic E-state index is -0.243. The average molecular weight is 237 g/mol. The highest BCUT2D eigenvalue weighted by atomic mass is 32.1. The summed E-state index contributed by atoms with van der Waals surface area (Å²) in [6, 6.07) is 7.51. The third-order valence-electron chi connectivity index (χ3n) is 2.24. The van der Waals surface area contributed by atoms with Gasteiger partial charge in [0.15, 0.2) is 4.77 Å². The summed E-state index contributed by atoms with van der Waals surface area (Å²) in [7, 11) is 1.61. The Kier molecular flexibility index (Phi) is 2.91. The Balaban J connectivity index is 2.34. The largest absolute Gasteiger partial charge is 0.497 e. The Bertz CT molecular complexity index is 569. The maximum Gasteiger partial charge on any atom is 0.342 e. The summed E-state index contributed by atoms with van der Waals surface area (Å²) in [5, 5.41) is 5.03. The van der Waals surface area contributed by atoms with Crippen molar-refractivity contribution in [3.63, 3.8) is 0 Å². The second-order valence-corrected chi connectivity index (χ2v) is 3.68. The third-order valence-corrected chi connectivity index (χ3v) is 2.56. The molecule has 0 spiro atoms. The molecule has 0 saturated carbocycles. The van der Waals surface area contributed by atoms with Crippen molar-refractivity contribution in [2.75, 3.05) is 7.11 Å². The fourth-order valence-electron chi connectivity index (χ4n) is 1.43. The lowest BCUT2D eigenvalue weighted by Gasteiger charge is -2.04. The van der Waals surface area contributed by atoms with E-state index in [1.165, 1.54) is 4.57 Å². The lowest BCUT2D eigenvalue weighted by atomic mass is 10.2. The topological polar surface area (TPSA) is 62.8 Å². The molecule has 84 valence electrons. The number of nitrogens with one attached hydrogen (secondary N) is 2. The predicted molar refractivity (Wildman–Crippen MR) is 62.3 cm³/mol. The van der Waals surface area contributed by atoms with Crippen molar-refractivity contribution in [2.45, 2.75) is 6.54 Å². The van der Waals surface area contributed by atoms with Crippen molar-refractivity contribution in [3.05, 3.63) is 45.1 Å². The van der Waals surface area contributed by atoms with E-state index in [9.17, 15) is 4.79 Å². The molecule has 0 atom stereocenters. The van der Waals surface area contributed by atoms with E-state index in [1.54, 1.807) is 7.11 Å². The number of hydrogen-bond donors (Lipinski definition) is 2. The number of aromatic amines is 2. The summed E-state index contributed by atoms with van der Waals surface area (Å²) < 4.78 is 6.94. The number of ether oxygens (including phenoxy) is 1. The monoisotopic (exact) mass is 237 g/mol. The van der Waals surface area contributed by atoms with E-state index < -0.39 is 0 Å². The molecule has 0 radical (unpaired) electrons. The van der Waals surface area contributed by atoms with Crippen LogP contribution in [-0.2, 0) is 6.54 Å². The normalized spacial score (nSPS) is 10.3. The summed E-state index contributed by atoms with van der Waals surface area (Å²) in [6.45, 7) is 0.425. The highest BCUT2D eigenvalue weighted by Gasteiger charge is 2.02. The van der Waals surface area contributed by atoms with Crippen LogP contribution < -0.4 is 10.4 Å². The molecule has 0 aliphatic carbocycles. The Hall–Kier alpha value is -1.82. The van der Waals surface area contributed by atoms with Crippen molar-refractivity contribution in [1.29, 1.82) is 0 Å².